The topological polar surface area (TPSA) is 84.0 Å². The summed E-state index contributed by atoms with van der Waals surface area (Å²) < 4.78 is 61.0. The summed E-state index contributed by atoms with van der Waals surface area (Å²) in [5.41, 5.74) is 1.22. The highest BCUT2D eigenvalue weighted by Crippen LogP contribution is 2.34. The first kappa shape index (κ1) is 23.6. The summed E-state index contributed by atoms with van der Waals surface area (Å²) in [5, 5.41) is 0. The third-order valence-corrected chi connectivity index (χ3v) is 9.12. The third-order valence-electron chi connectivity index (χ3n) is 5.21. The standard InChI is InChI=1S/C22H30N2O5S2/c1-4-29-21-13-12-20(23-14-8-9-15-30(23,25)26)16-22(21)31(27,28)24(18(2)3)17-19-10-6-5-7-11-19/h5-7,10-13,16,18H,4,8-9,14-15,17H2,1-3H3. The van der Waals surface area contributed by atoms with E-state index >= 15 is 0 Å². The molecule has 0 aliphatic carbocycles. The molecule has 0 amide bonds. The fourth-order valence-electron chi connectivity index (χ4n) is 3.64. The average Bonchev–Trinajstić information content (AvgIpc) is 2.73. The molecule has 0 bridgehead atoms. The van der Waals surface area contributed by atoms with E-state index in [0.717, 1.165) is 12.0 Å². The van der Waals surface area contributed by atoms with Gasteiger partial charge in [-0.2, -0.15) is 4.31 Å². The third kappa shape index (κ3) is 5.22. The first-order chi connectivity index (χ1) is 14.7. The van der Waals surface area contributed by atoms with Crippen LogP contribution in [0.4, 0.5) is 5.69 Å². The molecule has 170 valence electrons. The highest BCUT2D eigenvalue weighted by atomic mass is 32.2. The lowest BCUT2D eigenvalue weighted by Gasteiger charge is -2.30. The van der Waals surface area contributed by atoms with Gasteiger partial charge in [0, 0.05) is 19.1 Å². The maximum absolute atomic E-state index is 13.7. The van der Waals surface area contributed by atoms with Crippen LogP contribution in [0.15, 0.2) is 53.4 Å². The number of anilines is 1. The Labute approximate surface area is 185 Å². The maximum Gasteiger partial charge on any atom is 0.247 e. The van der Waals surface area contributed by atoms with Gasteiger partial charge in [0.25, 0.3) is 0 Å². The minimum absolute atomic E-state index is 0.0164. The fourth-order valence-corrected chi connectivity index (χ4v) is 7.05. The van der Waals surface area contributed by atoms with Gasteiger partial charge in [0.05, 0.1) is 18.0 Å². The number of nitrogens with zero attached hydrogens (tertiary/aromatic N) is 2. The van der Waals surface area contributed by atoms with Crippen LogP contribution >= 0.6 is 0 Å². The Morgan fingerprint density at radius 2 is 1.81 bits per heavy atom. The molecular weight excluding hydrogens is 436 g/mol. The zero-order valence-corrected chi connectivity index (χ0v) is 19.8. The van der Waals surface area contributed by atoms with Crippen molar-refractivity contribution in [3.8, 4) is 5.75 Å². The van der Waals surface area contributed by atoms with Gasteiger partial charge >= 0.3 is 0 Å². The molecule has 0 aromatic heterocycles. The van der Waals surface area contributed by atoms with Crippen LogP contribution in [0.5, 0.6) is 5.75 Å². The molecule has 31 heavy (non-hydrogen) atoms. The molecule has 0 radical (unpaired) electrons. The second-order valence-electron chi connectivity index (χ2n) is 7.79. The van der Waals surface area contributed by atoms with E-state index in [2.05, 4.69) is 0 Å². The van der Waals surface area contributed by atoms with Gasteiger partial charge in [0.2, 0.25) is 20.0 Å². The van der Waals surface area contributed by atoms with Gasteiger partial charge in [-0.25, -0.2) is 16.8 Å². The Kier molecular flexibility index (Phi) is 7.28. The van der Waals surface area contributed by atoms with Gasteiger partial charge in [0.15, 0.2) is 0 Å². The highest BCUT2D eigenvalue weighted by Gasteiger charge is 2.33. The molecule has 2 aromatic rings. The molecule has 3 rings (SSSR count). The van der Waals surface area contributed by atoms with Gasteiger partial charge < -0.3 is 4.74 Å². The minimum Gasteiger partial charge on any atom is -0.492 e. The van der Waals surface area contributed by atoms with E-state index in [0.29, 0.717) is 25.3 Å². The van der Waals surface area contributed by atoms with Crippen molar-refractivity contribution in [2.24, 2.45) is 0 Å². The van der Waals surface area contributed by atoms with Crippen molar-refractivity contribution in [3.05, 3.63) is 54.1 Å². The van der Waals surface area contributed by atoms with Crippen LogP contribution in [-0.2, 0) is 26.6 Å². The van der Waals surface area contributed by atoms with Crippen molar-refractivity contribution in [3.63, 3.8) is 0 Å². The molecular formula is C22H30N2O5S2. The van der Waals surface area contributed by atoms with E-state index in [1.165, 1.54) is 14.7 Å². The van der Waals surface area contributed by atoms with Crippen molar-refractivity contribution in [2.75, 3.05) is 23.2 Å². The SMILES string of the molecule is CCOc1ccc(N2CCCCS2(=O)=O)cc1S(=O)(=O)N(Cc1ccccc1)C(C)C. The predicted molar refractivity (Wildman–Crippen MR) is 122 cm³/mol. The van der Waals surface area contributed by atoms with Crippen LogP contribution in [-0.4, -0.2) is 46.1 Å². The van der Waals surface area contributed by atoms with Gasteiger partial charge in [-0.15, -0.1) is 0 Å². The summed E-state index contributed by atoms with van der Waals surface area (Å²) >= 11 is 0. The zero-order chi connectivity index (χ0) is 22.6. The number of rotatable bonds is 8. The fraction of sp³-hybridized carbons (Fsp3) is 0.455. The van der Waals surface area contributed by atoms with Gasteiger partial charge in [-0.3, -0.25) is 4.31 Å². The van der Waals surface area contributed by atoms with Crippen molar-refractivity contribution in [1.29, 1.82) is 0 Å². The molecule has 0 N–H and O–H groups in total. The van der Waals surface area contributed by atoms with Crippen molar-refractivity contribution in [1.82, 2.24) is 4.31 Å². The van der Waals surface area contributed by atoms with E-state index < -0.39 is 20.0 Å². The minimum atomic E-state index is -3.96. The quantitative estimate of drug-likeness (QED) is 0.593. The molecule has 0 atom stereocenters. The second-order valence-corrected chi connectivity index (χ2v) is 11.7. The monoisotopic (exact) mass is 466 g/mol. The average molecular weight is 467 g/mol. The lowest BCUT2D eigenvalue weighted by Crippen LogP contribution is -2.38. The van der Waals surface area contributed by atoms with E-state index in [1.807, 2.05) is 44.2 Å². The summed E-state index contributed by atoms with van der Waals surface area (Å²) in [7, 11) is -7.43. The second kappa shape index (κ2) is 9.58. The van der Waals surface area contributed by atoms with E-state index in [9.17, 15) is 16.8 Å². The number of sulfonamides is 2. The Bertz CT molecular complexity index is 1100. The Hall–Kier alpha value is -2.10. The summed E-state index contributed by atoms with van der Waals surface area (Å²) in [6.07, 6.45) is 1.35. The largest absolute Gasteiger partial charge is 0.492 e. The molecule has 1 aliphatic rings. The van der Waals surface area contributed by atoms with Gasteiger partial charge in [0.1, 0.15) is 10.6 Å². The Morgan fingerprint density at radius 1 is 1.10 bits per heavy atom. The molecule has 7 nitrogen and oxygen atoms in total. The van der Waals surface area contributed by atoms with Crippen molar-refractivity contribution in [2.45, 2.75) is 51.1 Å². The summed E-state index contributed by atoms with van der Waals surface area (Å²) in [6, 6.07) is 13.7. The smallest absolute Gasteiger partial charge is 0.247 e. The van der Waals surface area contributed by atoms with E-state index in [4.69, 9.17) is 4.74 Å². The molecule has 1 saturated heterocycles. The van der Waals surface area contributed by atoms with Crippen LogP contribution in [0.2, 0.25) is 0 Å². The summed E-state index contributed by atoms with van der Waals surface area (Å²) in [4.78, 5) is -0.0164. The number of hydrogen-bond donors (Lipinski definition) is 0. The van der Waals surface area contributed by atoms with Crippen LogP contribution in [0.1, 0.15) is 39.2 Å². The zero-order valence-electron chi connectivity index (χ0n) is 18.2. The number of ether oxygens (including phenoxy) is 1. The first-order valence-electron chi connectivity index (χ1n) is 10.5. The van der Waals surface area contributed by atoms with Gasteiger partial charge in [-0.1, -0.05) is 30.3 Å². The predicted octanol–water partition coefficient (Wildman–Crippen LogP) is 3.61. The molecule has 0 unspecified atom stereocenters. The first-order valence-corrected chi connectivity index (χ1v) is 13.5. The van der Waals surface area contributed by atoms with Crippen LogP contribution in [0.25, 0.3) is 0 Å². The molecule has 1 heterocycles. The van der Waals surface area contributed by atoms with E-state index in [-0.39, 0.29) is 29.0 Å². The Balaban J connectivity index is 2.08. The van der Waals surface area contributed by atoms with Crippen molar-refractivity contribution < 1.29 is 21.6 Å². The van der Waals surface area contributed by atoms with Crippen LogP contribution < -0.4 is 9.04 Å². The number of benzene rings is 2. The maximum atomic E-state index is 13.7. The molecule has 2 aromatic carbocycles. The molecule has 9 heteroatoms. The Morgan fingerprint density at radius 3 is 2.42 bits per heavy atom. The molecule has 0 spiro atoms. The van der Waals surface area contributed by atoms with E-state index in [1.54, 1.807) is 19.1 Å². The molecule has 1 aliphatic heterocycles. The van der Waals surface area contributed by atoms with Crippen molar-refractivity contribution >= 4 is 25.7 Å². The van der Waals surface area contributed by atoms with Crippen LogP contribution in [0, 0.1) is 0 Å². The number of hydrogen-bond acceptors (Lipinski definition) is 5. The summed E-state index contributed by atoms with van der Waals surface area (Å²) in [5.74, 6) is 0.286. The lowest BCUT2D eigenvalue weighted by molar-refractivity contribution is 0.322. The molecule has 0 saturated carbocycles. The van der Waals surface area contributed by atoms with Gasteiger partial charge in [-0.05, 0) is 57.4 Å². The normalized spacial score (nSPS) is 16.6. The highest BCUT2D eigenvalue weighted by molar-refractivity contribution is 7.92. The van der Waals surface area contributed by atoms with Crippen LogP contribution in [0.3, 0.4) is 0 Å². The lowest BCUT2D eigenvalue weighted by atomic mass is 10.2. The molecule has 1 fully saturated rings. The summed E-state index contributed by atoms with van der Waals surface area (Å²) in [6.45, 7) is 6.26.